The first-order valence-corrected chi connectivity index (χ1v) is 17.6. The number of carbonyl (C=O) groups excluding carboxylic acids is 1. The van der Waals surface area contributed by atoms with E-state index in [1.54, 1.807) is 32.9 Å². The van der Waals surface area contributed by atoms with Crippen molar-refractivity contribution in [3.05, 3.63) is 89.5 Å². The molecule has 44 heavy (non-hydrogen) atoms. The highest BCUT2D eigenvalue weighted by Crippen LogP contribution is 2.34. The Morgan fingerprint density at radius 2 is 1.00 bits per heavy atom. The van der Waals surface area contributed by atoms with E-state index in [1.165, 1.54) is 74.8 Å². The van der Waals surface area contributed by atoms with Gasteiger partial charge in [0.15, 0.2) is 6.10 Å². The predicted molar refractivity (Wildman–Crippen MR) is 158 cm³/mol. The molecule has 1 aliphatic heterocycles. The fraction of sp³-hybridized carbons (Fsp3) is 0.345. The number of rotatable bonds is 11. The molecule has 1 amide bonds. The lowest BCUT2D eigenvalue weighted by Gasteiger charge is -2.24. The number of hydrogen-bond acceptors (Lipinski definition) is 11. The van der Waals surface area contributed by atoms with Gasteiger partial charge in [-0.2, -0.15) is 25.3 Å². The Bertz CT molecular complexity index is 1800. The van der Waals surface area contributed by atoms with Gasteiger partial charge >= 0.3 is 0 Å². The van der Waals surface area contributed by atoms with Gasteiger partial charge in [-0.3, -0.25) is 17.3 Å². The molecule has 0 radical (unpaired) electrons. The molecule has 1 heterocycles. The number of amides is 1. The zero-order valence-corrected chi connectivity index (χ0v) is 27.1. The minimum absolute atomic E-state index is 0.179. The van der Waals surface area contributed by atoms with Crippen molar-refractivity contribution >= 4 is 36.3 Å². The quantitative estimate of drug-likeness (QED) is 0.277. The van der Waals surface area contributed by atoms with Crippen molar-refractivity contribution in [1.29, 1.82) is 0 Å². The van der Waals surface area contributed by atoms with Crippen molar-refractivity contribution in [2.24, 2.45) is 0 Å². The average Bonchev–Trinajstić information content (AvgIpc) is 3.27. The van der Waals surface area contributed by atoms with Crippen LogP contribution in [0.3, 0.4) is 0 Å². The van der Waals surface area contributed by atoms with Crippen molar-refractivity contribution in [1.82, 2.24) is 4.90 Å². The van der Waals surface area contributed by atoms with Gasteiger partial charge < -0.3 is 9.64 Å². The third kappa shape index (κ3) is 7.72. The van der Waals surface area contributed by atoms with E-state index in [2.05, 4.69) is 0 Å². The molecule has 0 unspecified atom stereocenters. The second kappa shape index (κ2) is 13.0. The van der Waals surface area contributed by atoms with Gasteiger partial charge in [0, 0.05) is 14.1 Å². The highest BCUT2D eigenvalue weighted by atomic mass is 32.2. The molecule has 0 aliphatic carbocycles. The number of ether oxygens (including phenoxy) is 1. The van der Waals surface area contributed by atoms with Crippen LogP contribution in [-0.2, 0) is 52.4 Å². The van der Waals surface area contributed by atoms with Gasteiger partial charge in [-0.05, 0) is 57.2 Å². The maximum absolute atomic E-state index is 13.4. The van der Waals surface area contributed by atoms with Crippen LogP contribution < -0.4 is 0 Å². The summed E-state index contributed by atoms with van der Waals surface area (Å²) >= 11 is 0. The Balaban J connectivity index is 1.74. The number of carbonyl (C=O) groups is 1. The minimum Gasteiger partial charge on any atom is -0.357 e. The van der Waals surface area contributed by atoms with Crippen LogP contribution in [0.15, 0.2) is 87.5 Å². The van der Waals surface area contributed by atoms with E-state index in [-0.39, 0.29) is 14.7 Å². The molecule has 0 N–H and O–H groups in total. The van der Waals surface area contributed by atoms with Crippen LogP contribution in [0.2, 0.25) is 0 Å². The van der Waals surface area contributed by atoms with Gasteiger partial charge in [0.25, 0.3) is 36.3 Å². The summed E-state index contributed by atoms with van der Waals surface area (Å²) in [6.07, 6.45) is -6.97. The third-order valence-corrected chi connectivity index (χ3v) is 10.7. The maximum Gasteiger partial charge on any atom is 0.297 e. The zero-order chi connectivity index (χ0) is 32.4. The maximum atomic E-state index is 13.4. The van der Waals surface area contributed by atoms with Gasteiger partial charge in [0.05, 0.1) is 21.3 Å². The van der Waals surface area contributed by atoms with Crippen molar-refractivity contribution in [3.8, 4) is 0 Å². The van der Waals surface area contributed by atoms with Crippen LogP contribution in [-0.4, -0.2) is 81.2 Å². The SMILES string of the molecule is Cc1ccc(S(=O)(=O)OC[C@@H]2O[C@H](C(=O)N(C)C)[C@H](OS(=O)(=O)c3ccc(C)cc3)[C@H]2OS(=O)(=O)c2ccc(C)cc2)cc1. The van der Waals surface area contributed by atoms with Crippen molar-refractivity contribution < 1.29 is 47.3 Å². The number of nitrogens with zero attached hydrogens (tertiary/aromatic N) is 1. The van der Waals surface area contributed by atoms with Crippen LogP contribution in [0.5, 0.6) is 0 Å². The molecule has 1 saturated heterocycles. The molecule has 0 aromatic heterocycles. The zero-order valence-electron chi connectivity index (χ0n) is 24.6. The lowest BCUT2D eigenvalue weighted by molar-refractivity contribution is -0.143. The summed E-state index contributed by atoms with van der Waals surface area (Å²) in [5.41, 5.74) is 2.34. The lowest BCUT2D eigenvalue weighted by Crippen LogP contribution is -2.46. The Morgan fingerprint density at radius 3 is 1.39 bits per heavy atom. The Labute approximate surface area is 257 Å². The Morgan fingerprint density at radius 1 is 0.636 bits per heavy atom. The first kappa shape index (κ1) is 33.7. The number of benzene rings is 3. The highest BCUT2D eigenvalue weighted by molar-refractivity contribution is 7.87. The summed E-state index contributed by atoms with van der Waals surface area (Å²) in [7, 11) is -10.9. The highest BCUT2D eigenvalue weighted by Gasteiger charge is 2.54. The first-order chi connectivity index (χ1) is 20.5. The van der Waals surface area contributed by atoms with Crippen LogP contribution in [0.25, 0.3) is 0 Å². The fourth-order valence-electron chi connectivity index (χ4n) is 4.28. The molecule has 0 saturated carbocycles. The molecule has 3 aromatic rings. The Kier molecular flexibility index (Phi) is 9.99. The molecule has 1 aliphatic rings. The molecule has 4 atom stereocenters. The van der Waals surface area contributed by atoms with E-state index in [4.69, 9.17) is 17.3 Å². The number of likely N-dealkylation sites (N-methyl/N-ethyl adjacent to an activating group) is 1. The van der Waals surface area contributed by atoms with Gasteiger partial charge in [-0.25, -0.2) is 0 Å². The van der Waals surface area contributed by atoms with Gasteiger partial charge in [-0.15, -0.1) is 0 Å². The molecule has 3 aromatic carbocycles. The fourth-order valence-corrected chi connectivity index (χ4v) is 7.39. The van der Waals surface area contributed by atoms with Crippen LogP contribution in [0.1, 0.15) is 16.7 Å². The lowest BCUT2D eigenvalue weighted by atomic mass is 10.1. The molecule has 12 nitrogen and oxygen atoms in total. The molecule has 4 rings (SSSR count). The molecule has 238 valence electrons. The van der Waals surface area contributed by atoms with E-state index in [9.17, 15) is 30.0 Å². The van der Waals surface area contributed by atoms with E-state index in [0.29, 0.717) is 0 Å². The third-order valence-electron chi connectivity index (χ3n) is 6.79. The van der Waals surface area contributed by atoms with Gasteiger partial charge in [-0.1, -0.05) is 53.1 Å². The molecule has 0 spiro atoms. The average molecular weight is 668 g/mol. The largest absolute Gasteiger partial charge is 0.357 e. The van der Waals surface area contributed by atoms with E-state index < -0.39 is 67.3 Å². The second-order valence-corrected chi connectivity index (χ2v) is 15.3. The van der Waals surface area contributed by atoms with Crippen LogP contribution >= 0.6 is 0 Å². The van der Waals surface area contributed by atoms with Crippen LogP contribution in [0, 0.1) is 20.8 Å². The summed E-state index contributed by atoms with van der Waals surface area (Å²) in [6, 6.07) is 17.1. The second-order valence-electron chi connectivity index (χ2n) is 10.5. The summed E-state index contributed by atoms with van der Waals surface area (Å²) in [4.78, 5) is 13.6. The molecule has 1 fully saturated rings. The summed E-state index contributed by atoms with van der Waals surface area (Å²) < 4.78 is 101. The normalized spacial score (nSPS) is 20.8. The topological polar surface area (TPSA) is 160 Å². The monoisotopic (exact) mass is 667 g/mol. The molecular formula is C29H33NO11S3. The predicted octanol–water partition coefficient (Wildman–Crippen LogP) is 2.72. The van der Waals surface area contributed by atoms with Gasteiger partial charge in [0.1, 0.15) is 18.3 Å². The minimum atomic E-state index is -4.62. The van der Waals surface area contributed by atoms with Crippen molar-refractivity contribution in [2.45, 2.75) is 59.9 Å². The summed E-state index contributed by atoms with van der Waals surface area (Å²) in [5, 5.41) is 0. The number of aryl methyl sites for hydroxylation is 3. The van der Waals surface area contributed by atoms with E-state index in [1.807, 2.05) is 0 Å². The summed E-state index contributed by atoms with van der Waals surface area (Å²) in [6.45, 7) is 4.45. The molecular weight excluding hydrogens is 635 g/mol. The van der Waals surface area contributed by atoms with Crippen LogP contribution in [0.4, 0.5) is 0 Å². The molecule has 0 bridgehead atoms. The Hall–Kier alpha value is -3.18. The first-order valence-electron chi connectivity index (χ1n) is 13.3. The number of hydrogen-bond donors (Lipinski definition) is 0. The summed E-state index contributed by atoms with van der Waals surface area (Å²) in [5.74, 6) is -0.778. The van der Waals surface area contributed by atoms with E-state index >= 15 is 0 Å². The van der Waals surface area contributed by atoms with Crippen molar-refractivity contribution in [3.63, 3.8) is 0 Å². The standard InChI is InChI=1S/C29H33NO11S3/c1-19-6-12-22(13-7-19)42(32,33)38-18-25-26(40-43(34,35)23-14-8-20(2)9-15-23)27(28(39-25)29(31)30(4)5)41-44(36,37)24-16-10-21(3)11-17-24/h6-17,25-28H,18H2,1-5H3/t25-,26-,27+,28-/m0/s1. The van der Waals surface area contributed by atoms with Crippen molar-refractivity contribution in [2.75, 3.05) is 20.7 Å². The van der Waals surface area contributed by atoms with E-state index in [0.717, 1.165) is 21.6 Å². The smallest absolute Gasteiger partial charge is 0.297 e. The van der Waals surface area contributed by atoms with Gasteiger partial charge in [0.2, 0.25) is 0 Å². The molecule has 15 heteroatoms.